The van der Waals surface area contributed by atoms with E-state index in [1.165, 1.54) is 4.57 Å². The normalized spacial score (nSPS) is 12.3. The first-order valence-electron chi connectivity index (χ1n) is 5.67. The molecule has 2 aromatic rings. The highest BCUT2D eigenvalue weighted by Crippen LogP contribution is 2.18. The number of amides is 1. The fourth-order valence-corrected chi connectivity index (χ4v) is 1.96. The van der Waals surface area contributed by atoms with Crippen molar-refractivity contribution in [3.8, 4) is 0 Å². The van der Waals surface area contributed by atoms with Gasteiger partial charge < -0.3 is 15.6 Å². The van der Waals surface area contributed by atoms with Crippen molar-refractivity contribution in [2.45, 2.75) is 13.0 Å². The van der Waals surface area contributed by atoms with E-state index in [2.05, 4.69) is 5.32 Å². The Kier molecular flexibility index (Phi) is 3.06. The standard InChI is InChI=1S/C13H15N3O2/c1-8(12(17)15-2)16-7-6-9-10(13(16)18)4-3-5-11(9)14/h3-8H,14H2,1-2H3,(H,15,17)/t8-/m1/s1. The number of hydrogen-bond acceptors (Lipinski definition) is 3. The molecule has 0 aliphatic heterocycles. The molecule has 0 radical (unpaired) electrons. The summed E-state index contributed by atoms with van der Waals surface area (Å²) in [6, 6.07) is 6.39. The molecule has 0 saturated carbocycles. The minimum absolute atomic E-state index is 0.208. The summed E-state index contributed by atoms with van der Waals surface area (Å²) in [5.41, 5.74) is 6.16. The summed E-state index contributed by atoms with van der Waals surface area (Å²) in [5, 5.41) is 3.76. The van der Waals surface area contributed by atoms with E-state index in [1.54, 1.807) is 44.4 Å². The van der Waals surface area contributed by atoms with E-state index >= 15 is 0 Å². The van der Waals surface area contributed by atoms with Gasteiger partial charge >= 0.3 is 0 Å². The van der Waals surface area contributed by atoms with Crippen LogP contribution in [0.3, 0.4) is 0 Å². The Morgan fingerprint density at radius 3 is 2.72 bits per heavy atom. The van der Waals surface area contributed by atoms with Crippen LogP contribution < -0.4 is 16.6 Å². The van der Waals surface area contributed by atoms with Crippen molar-refractivity contribution in [2.75, 3.05) is 12.8 Å². The van der Waals surface area contributed by atoms with E-state index in [9.17, 15) is 9.59 Å². The number of nitrogens with two attached hydrogens (primary N) is 1. The monoisotopic (exact) mass is 245 g/mol. The minimum Gasteiger partial charge on any atom is -0.398 e. The molecule has 1 atom stereocenters. The molecule has 1 aromatic carbocycles. The maximum atomic E-state index is 12.3. The molecule has 1 aromatic heterocycles. The first-order valence-corrected chi connectivity index (χ1v) is 5.67. The van der Waals surface area contributed by atoms with E-state index < -0.39 is 6.04 Å². The number of likely N-dealkylation sites (N-methyl/N-ethyl adjacent to an activating group) is 1. The summed E-state index contributed by atoms with van der Waals surface area (Å²) in [5.74, 6) is -0.208. The van der Waals surface area contributed by atoms with Gasteiger partial charge in [0.25, 0.3) is 5.56 Å². The molecule has 0 unspecified atom stereocenters. The van der Waals surface area contributed by atoms with Gasteiger partial charge in [-0.25, -0.2) is 0 Å². The quantitative estimate of drug-likeness (QED) is 0.771. The van der Waals surface area contributed by atoms with Gasteiger partial charge in [-0.15, -0.1) is 0 Å². The number of aromatic nitrogens is 1. The van der Waals surface area contributed by atoms with Crippen molar-refractivity contribution in [3.63, 3.8) is 0 Å². The molecule has 1 amide bonds. The molecule has 0 spiro atoms. The summed E-state index contributed by atoms with van der Waals surface area (Å²) >= 11 is 0. The summed E-state index contributed by atoms with van der Waals surface area (Å²) in [6.07, 6.45) is 1.60. The highest BCUT2D eigenvalue weighted by molar-refractivity contribution is 5.92. The minimum atomic E-state index is -0.548. The lowest BCUT2D eigenvalue weighted by Crippen LogP contribution is -2.33. The summed E-state index contributed by atoms with van der Waals surface area (Å²) in [4.78, 5) is 23.8. The Hall–Kier alpha value is -2.30. The van der Waals surface area contributed by atoms with E-state index in [1.807, 2.05) is 0 Å². The van der Waals surface area contributed by atoms with Crippen LogP contribution in [0.25, 0.3) is 10.8 Å². The number of carbonyl (C=O) groups excluding carboxylic acids is 1. The molecular formula is C13H15N3O2. The summed E-state index contributed by atoms with van der Waals surface area (Å²) in [7, 11) is 1.54. The maximum absolute atomic E-state index is 12.3. The predicted octanol–water partition coefficient (Wildman–Crippen LogP) is 0.891. The average molecular weight is 245 g/mol. The highest BCUT2D eigenvalue weighted by Gasteiger charge is 2.15. The molecule has 3 N–H and O–H groups in total. The third-order valence-corrected chi connectivity index (χ3v) is 3.05. The van der Waals surface area contributed by atoms with Crippen LogP contribution in [0.2, 0.25) is 0 Å². The Balaban J connectivity index is 2.66. The van der Waals surface area contributed by atoms with Crippen LogP contribution in [-0.4, -0.2) is 17.5 Å². The number of nitrogens with one attached hydrogen (secondary N) is 1. The maximum Gasteiger partial charge on any atom is 0.259 e. The van der Waals surface area contributed by atoms with Gasteiger partial charge in [0.05, 0.1) is 0 Å². The number of fused-ring (bicyclic) bond motifs is 1. The molecule has 0 fully saturated rings. The van der Waals surface area contributed by atoms with Crippen molar-refractivity contribution in [1.82, 2.24) is 9.88 Å². The van der Waals surface area contributed by atoms with Crippen molar-refractivity contribution in [1.29, 1.82) is 0 Å². The molecule has 94 valence electrons. The lowest BCUT2D eigenvalue weighted by molar-refractivity contribution is -0.123. The highest BCUT2D eigenvalue weighted by atomic mass is 16.2. The van der Waals surface area contributed by atoms with Gasteiger partial charge in [0, 0.05) is 29.7 Å². The number of nitrogens with zero attached hydrogens (tertiary/aromatic N) is 1. The van der Waals surface area contributed by atoms with Gasteiger partial charge in [-0.1, -0.05) is 6.07 Å². The Morgan fingerprint density at radius 1 is 1.33 bits per heavy atom. The zero-order chi connectivity index (χ0) is 13.3. The second-order valence-corrected chi connectivity index (χ2v) is 4.13. The Morgan fingerprint density at radius 2 is 2.06 bits per heavy atom. The topological polar surface area (TPSA) is 77.1 Å². The largest absolute Gasteiger partial charge is 0.398 e. The van der Waals surface area contributed by atoms with Gasteiger partial charge in [0.15, 0.2) is 0 Å². The van der Waals surface area contributed by atoms with Crippen molar-refractivity contribution in [2.24, 2.45) is 0 Å². The third-order valence-electron chi connectivity index (χ3n) is 3.05. The fourth-order valence-electron chi connectivity index (χ4n) is 1.96. The van der Waals surface area contributed by atoms with Gasteiger partial charge in [0.1, 0.15) is 6.04 Å². The van der Waals surface area contributed by atoms with Crippen LogP contribution in [-0.2, 0) is 4.79 Å². The molecule has 5 nitrogen and oxygen atoms in total. The van der Waals surface area contributed by atoms with E-state index in [4.69, 9.17) is 5.73 Å². The van der Waals surface area contributed by atoms with Crippen LogP contribution >= 0.6 is 0 Å². The summed E-state index contributed by atoms with van der Waals surface area (Å²) in [6.45, 7) is 1.68. The van der Waals surface area contributed by atoms with E-state index in [0.717, 1.165) is 0 Å². The number of anilines is 1. The third kappa shape index (κ3) is 1.84. The van der Waals surface area contributed by atoms with Crippen LogP contribution in [0.15, 0.2) is 35.3 Å². The molecule has 0 aliphatic rings. The molecule has 5 heteroatoms. The van der Waals surface area contributed by atoms with E-state index in [-0.39, 0.29) is 11.5 Å². The van der Waals surface area contributed by atoms with Gasteiger partial charge in [-0.2, -0.15) is 0 Å². The average Bonchev–Trinajstić information content (AvgIpc) is 2.38. The molecule has 0 saturated heterocycles. The Labute approximate surface area is 104 Å². The lowest BCUT2D eigenvalue weighted by atomic mass is 10.1. The SMILES string of the molecule is CNC(=O)[C@@H](C)n1ccc2c(N)cccc2c1=O. The molecule has 0 bridgehead atoms. The first kappa shape index (κ1) is 12.2. The molecule has 0 aliphatic carbocycles. The lowest BCUT2D eigenvalue weighted by Gasteiger charge is -2.14. The first-order chi connectivity index (χ1) is 8.56. The number of hydrogen-bond donors (Lipinski definition) is 2. The van der Waals surface area contributed by atoms with E-state index in [0.29, 0.717) is 16.5 Å². The Bertz CT molecular complexity index is 661. The number of nitrogen functional groups attached to an aromatic ring is 1. The molecule has 18 heavy (non-hydrogen) atoms. The zero-order valence-corrected chi connectivity index (χ0v) is 10.3. The smallest absolute Gasteiger partial charge is 0.259 e. The number of benzene rings is 1. The predicted molar refractivity (Wildman–Crippen MR) is 71.4 cm³/mol. The van der Waals surface area contributed by atoms with Crippen LogP contribution in [0, 0.1) is 0 Å². The molecular weight excluding hydrogens is 230 g/mol. The second kappa shape index (κ2) is 4.52. The number of rotatable bonds is 2. The number of carbonyl (C=O) groups is 1. The second-order valence-electron chi connectivity index (χ2n) is 4.13. The summed E-state index contributed by atoms with van der Waals surface area (Å²) < 4.78 is 1.40. The van der Waals surface area contributed by atoms with Gasteiger partial charge in [-0.3, -0.25) is 9.59 Å². The molecule has 2 rings (SSSR count). The van der Waals surface area contributed by atoms with Crippen molar-refractivity contribution < 1.29 is 4.79 Å². The molecule has 1 heterocycles. The fraction of sp³-hybridized carbons (Fsp3) is 0.231. The van der Waals surface area contributed by atoms with Gasteiger partial charge in [-0.05, 0) is 25.1 Å². The van der Waals surface area contributed by atoms with Crippen molar-refractivity contribution in [3.05, 3.63) is 40.8 Å². The van der Waals surface area contributed by atoms with Crippen LogP contribution in [0.1, 0.15) is 13.0 Å². The van der Waals surface area contributed by atoms with Crippen molar-refractivity contribution >= 4 is 22.4 Å². The van der Waals surface area contributed by atoms with Crippen LogP contribution in [0.5, 0.6) is 0 Å². The van der Waals surface area contributed by atoms with Gasteiger partial charge in [0.2, 0.25) is 5.91 Å². The number of pyridine rings is 1. The zero-order valence-electron chi connectivity index (χ0n) is 10.3. The van der Waals surface area contributed by atoms with Crippen LogP contribution in [0.4, 0.5) is 5.69 Å².